The summed E-state index contributed by atoms with van der Waals surface area (Å²) in [5, 5.41) is 7.49. The zero-order valence-corrected chi connectivity index (χ0v) is 19.0. The van der Waals surface area contributed by atoms with Gasteiger partial charge in [0.05, 0.1) is 30.1 Å². The van der Waals surface area contributed by atoms with E-state index >= 15 is 0 Å². The van der Waals surface area contributed by atoms with Gasteiger partial charge in [0.2, 0.25) is 0 Å². The fourth-order valence-corrected chi connectivity index (χ4v) is 4.92. The van der Waals surface area contributed by atoms with Crippen molar-refractivity contribution in [3.63, 3.8) is 0 Å². The molecule has 1 unspecified atom stereocenters. The van der Waals surface area contributed by atoms with Gasteiger partial charge in [0, 0.05) is 22.9 Å². The predicted molar refractivity (Wildman–Crippen MR) is 133 cm³/mol. The molecule has 33 heavy (non-hydrogen) atoms. The van der Waals surface area contributed by atoms with Gasteiger partial charge in [0.25, 0.3) is 5.91 Å². The number of rotatable bonds is 6. The third-order valence-electron chi connectivity index (χ3n) is 5.72. The summed E-state index contributed by atoms with van der Waals surface area (Å²) in [5.74, 6) is 1.05. The third-order valence-corrected chi connectivity index (χ3v) is 6.75. The molecule has 6 heteroatoms. The Morgan fingerprint density at radius 3 is 2.58 bits per heavy atom. The minimum absolute atomic E-state index is 0.0281. The Kier molecular flexibility index (Phi) is 6.09. The van der Waals surface area contributed by atoms with E-state index in [1.807, 2.05) is 84.9 Å². The first-order chi connectivity index (χ1) is 16.2. The zero-order valence-electron chi connectivity index (χ0n) is 18.2. The van der Waals surface area contributed by atoms with Gasteiger partial charge in [-0.2, -0.15) is 5.10 Å². The quantitative estimate of drug-likeness (QED) is 0.351. The van der Waals surface area contributed by atoms with Crippen molar-refractivity contribution in [1.29, 1.82) is 0 Å². The highest BCUT2D eigenvalue weighted by molar-refractivity contribution is 8.00. The number of amides is 1. The largest absolute Gasteiger partial charge is 0.497 e. The molecule has 2 heterocycles. The van der Waals surface area contributed by atoms with Crippen molar-refractivity contribution < 1.29 is 9.53 Å². The van der Waals surface area contributed by atoms with Crippen LogP contribution in [-0.4, -0.2) is 34.5 Å². The molecular formula is C27H23N3O2S. The maximum atomic E-state index is 13.4. The lowest BCUT2D eigenvalue weighted by Gasteiger charge is -2.22. The molecule has 0 N–H and O–H groups in total. The summed E-state index contributed by atoms with van der Waals surface area (Å²) >= 11 is 1.50. The van der Waals surface area contributed by atoms with Gasteiger partial charge in [-0.25, -0.2) is 5.01 Å². The second-order valence-electron chi connectivity index (χ2n) is 7.76. The summed E-state index contributed by atoms with van der Waals surface area (Å²) in [6, 6.07) is 27.8. The average molecular weight is 454 g/mol. The van der Waals surface area contributed by atoms with Crippen LogP contribution < -0.4 is 4.74 Å². The molecule has 3 aromatic carbocycles. The molecule has 0 aliphatic carbocycles. The van der Waals surface area contributed by atoms with Crippen molar-refractivity contribution in [2.24, 2.45) is 5.10 Å². The summed E-state index contributed by atoms with van der Waals surface area (Å²) in [4.78, 5) is 18.9. The minimum Gasteiger partial charge on any atom is -0.497 e. The van der Waals surface area contributed by atoms with E-state index < -0.39 is 0 Å². The molecule has 1 aliphatic heterocycles. The second kappa shape index (κ2) is 9.46. The van der Waals surface area contributed by atoms with Crippen LogP contribution in [0.2, 0.25) is 0 Å². The lowest BCUT2D eigenvalue weighted by atomic mass is 9.98. The Hall–Kier alpha value is -3.64. The zero-order chi connectivity index (χ0) is 22.6. The van der Waals surface area contributed by atoms with Crippen LogP contribution in [0.1, 0.15) is 23.6 Å². The molecule has 0 radical (unpaired) electrons. The number of thioether (sulfide) groups is 1. The number of fused-ring (bicyclic) bond motifs is 1. The van der Waals surface area contributed by atoms with Gasteiger partial charge in [0.1, 0.15) is 5.75 Å². The summed E-state index contributed by atoms with van der Waals surface area (Å²) < 4.78 is 5.30. The summed E-state index contributed by atoms with van der Waals surface area (Å²) in [7, 11) is 1.65. The molecule has 5 rings (SSSR count). The number of ether oxygens (including phenoxy) is 1. The van der Waals surface area contributed by atoms with Crippen LogP contribution in [0.5, 0.6) is 5.75 Å². The topological polar surface area (TPSA) is 54.8 Å². The lowest BCUT2D eigenvalue weighted by molar-refractivity contribution is -0.130. The number of carbonyl (C=O) groups excluding carboxylic acids is 1. The number of pyridine rings is 1. The molecule has 0 saturated heterocycles. The Balaban J connectivity index is 1.41. The standard InChI is InChI=1S/C27H23N3O2S/c1-32-22-14-12-20(13-15-22)24-17-23(19-7-3-2-4-8-19)29-30(24)26(31)18-33-25-11-5-9-21-10-6-16-28-27(21)25/h2-16,24H,17-18H2,1H3. The molecule has 164 valence electrons. The number of carbonyl (C=O) groups is 1. The molecule has 0 spiro atoms. The minimum atomic E-state index is -0.148. The number of hydrogen-bond donors (Lipinski definition) is 0. The summed E-state index contributed by atoms with van der Waals surface area (Å²) in [6.07, 6.45) is 2.45. The van der Waals surface area contributed by atoms with E-state index in [0.29, 0.717) is 6.42 Å². The monoisotopic (exact) mass is 453 g/mol. The van der Waals surface area contributed by atoms with Crippen molar-refractivity contribution in [1.82, 2.24) is 9.99 Å². The second-order valence-corrected chi connectivity index (χ2v) is 8.78. The summed E-state index contributed by atoms with van der Waals surface area (Å²) in [6.45, 7) is 0. The summed E-state index contributed by atoms with van der Waals surface area (Å²) in [5.41, 5.74) is 3.91. The predicted octanol–water partition coefficient (Wildman–Crippen LogP) is 5.71. The van der Waals surface area contributed by atoms with Crippen molar-refractivity contribution >= 4 is 34.3 Å². The van der Waals surface area contributed by atoms with E-state index in [4.69, 9.17) is 9.84 Å². The van der Waals surface area contributed by atoms with Crippen LogP contribution in [-0.2, 0) is 4.79 Å². The third kappa shape index (κ3) is 4.47. The number of hydrazone groups is 1. The number of methoxy groups -OCH3 is 1. The highest BCUT2D eigenvalue weighted by atomic mass is 32.2. The highest BCUT2D eigenvalue weighted by Gasteiger charge is 2.33. The van der Waals surface area contributed by atoms with Crippen molar-refractivity contribution in [2.45, 2.75) is 17.4 Å². The van der Waals surface area contributed by atoms with Gasteiger partial charge >= 0.3 is 0 Å². The van der Waals surface area contributed by atoms with Crippen LogP contribution in [0.4, 0.5) is 0 Å². The molecule has 1 aromatic heterocycles. The average Bonchev–Trinajstić information content (AvgIpc) is 3.33. The van der Waals surface area contributed by atoms with Crippen LogP contribution in [0.3, 0.4) is 0 Å². The fourth-order valence-electron chi connectivity index (χ4n) is 4.03. The van der Waals surface area contributed by atoms with Gasteiger partial charge in [-0.05, 0) is 35.4 Å². The molecule has 0 fully saturated rings. The SMILES string of the molecule is COc1ccc(C2CC(c3ccccc3)=NN2C(=O)CSc2cccc3cccnc23)cc1. The fraction of sp³-hybridized carbons (Fsp3) is 0.148. The smallest absolute Gasteiger partial charge is 0.253 e. The van der Waals surface area contributed by atoms with Crippen LogP contribution in [0.25, 0.3) is 10.9 Å². The van der Waals surface area contributed by atoms with E-state index in [1.165, 1.54) is 11.8 Å². The van der Waals surface area contributed by atoms with E-state index in [2.05, 4.69) is 4.98 Å². The Labute approximate surface area is 197 Å². The van der Waals surface area contributed by atoms with Gasteiger partial charge in [-0.1, -0.05) is 60.7 Å². The van der Waals surface area contributed by atoms with Gasteiger partial charge in [0.15, 0.2) is 0 Å². The molecule has 0 saturated carbocycles. The molecule has 4 aromatic rings. The van der Waals surface area contributed by atoms with E-state index in [1.54, 1.807) is 18.3 Å². The van der Waals surface area contributed by atoms with E-state index in [0.717, 1.165) is 38.4 Å². The van der Waals surface area contributed by atoms with Crippen molar-refractivity contribution in [3.8, 4) is 5.75 Å². The maximum absolute atomic E-state index is 13.4. The maximum Gasteiger partial charge on any atom is 0.253 e. The van der Waals surface area contributed by atoms with Crippen LogP contribution in [0.15, 0.2) is 101 Å². The number of aromatic nitrogens is 1. The Morgan fingerprint density at radius 1 is 1.00 bits per heavy atom. The van der Waals surface area contributed by atoms with Crippen molar-refractivity contribution in [3.05, 3.63) is 102 Å². The Morgan fingerprint density at radius 2 is 1.79 bits per heavy atom. The molecule has 5 nitrogen and oxygen atoms in total. The number of nitrogens with zero attached hydrogens (tertiary/aromatic N) is 3. The molecule has 1 aliphatic rings. The molecule has 0 bridgehead atoms. The van der Waals surface area contributed by atoms with Crippen molar-refractivity contribution in [2.75, 3.05) is 12.9 Å². The van der Waals surface area contributed by atoms with Gasteiger partial charge < -0.3 is 4.74 Å². The van der Waals surface area contributed by atoms with E-state index in [-0.39, 0.29) is 17.7 Å². The first-order valence-corrected chi connectivity index (χ1v) is 11.8. The first-order valence-electron chi connectivity index (χ1n) is 10.8. The molecule has 1 amide bonds. The first kappa shape index (κ1) is 21.2. The van der Waals surface area contributed by atoms with Crippen LogP contribution in [0, 0.1) is 0 Å². The van der Waals surface area contributed by atoms with Gasteiger partial charge in [-0.15, -0.1) is 11.8 Å². The normalized spacial score (nSPS) is 15.5. The Bertz CT molecular complexity index is 1300. The lowest BCUT2D eigenvalue weighted by Crippen LogP contribution is -2.28. The van der Waals surface area contributed by atoms with Crippen LogP contribution >= 0.6 is 11.8 Å². The molecular weight excluding hydrogens is 430 g/mol. The van der Waals surface area contributed by atoms with Gasteiger partial charge in [-0.3, -0.25) is 9.78 Å². The number of para-hydroxylation sites is 1. The molecule has 1 atom stereocenters. The number of hydrogen-bond acceptors (Lipinski definition) is 5. The highest BCUT2D eigenvalue weighted by Crippen LogP contribution is 2.35. The number of benzene rings is 3. The van der Waals surface area contributed by atoms with E-state index in [9.17, 15) is 4.79 Å².